The number of hydrogen-bond acceptors (Lipinski definition) is 9. The Morgan fingerprint density at radius 1 is 1.03 bits per heavy atom. The Labute approximate surface area is 208 Å². The number of imidazole rings is 1. The number of nitro groups is 1. The lowest BCUT2D eigenvalue weighted by Crippen LogP contribution is -2.24. The quantitative estimate of drug-likeness (QED) is 0.183. The molecule has 1 aliphatic rings. The molecule has 0 unspecified atom stereocenters. The standard InChI is InChI=1S/C26H20N6O5/c33-10-20-19(34)9-21(37-20)31-12-29-24-25(27-11-28-26(24)31)30-17-7-3-13-1-2-14-4-8-18(32(35)36)16-6-5-15(17)22(13)23(14)16/h1-8,11-12,19-21,33-34H,9-10H2,(H,27,28,30)/t19-,20+,21+/m0/s1. The first-order valence-corrected chi connectivity index (χ1v) is 11.8. The first-order chi connectivity index (χ1) is 18.0. The average Bonchev–Trinajstić information content (AvgIpc) is 3.51. The van der Waals surface area contributed by atoms with Gasteiger partial charge in [-0.15, -0.1) is 0 Å². The molecular weight excluding hydrogens is 476 g/mol. The average molecular weight is 496 g/mol. The van der Waals surface area contributed by atoms with Crippen LogP contribution in [-0.2, 0) is 4.74 Å². The Morgan fingerprint density at radius 3 is 2.51 bits per heavy atom. The SMILES string of the molecule is O=[N+]([O-])c1ccc2ccc3ccc(Nc4ncnc5c4ncn5[C@H]4C[C@H](O)[C@@H](CO)O4)c4ccc1c2c34. The van der Waals surface area contributed by atoms with Gasteiger partial charge in [-0.05, 0) is 34.4 Å². The zero-order chi connectivity index (χ0) is 25.3. The van der Waals surface area contributed by atoms with Gasteiger partial charge in [-0.25, -0.2) is 15.0 Å². The highest BCUT2D eigenvalue weighted by Crippen LogP contribution is 2.41. The van der Waals surface area contributed by atoms with Crippen molar-refractivity contribution in [3.63, 3.8) is 0 Å². The summed E-state index contributed by atoms with van der Waals surface area (Å²) in [6, 6.07) is 14.9. The highest BCUT2D eigenvalue weighted by molar-refractivity contribution is 6.26. The molecule has 11 nitrogen and oxygen atoms in total. The second-order valence-electron chi connectivity index (χ2n) is 9.16. The summed E-state index contributed by atoms with van der Waals surface area (Å²) >= 11 is 0. The molecule has 0 aliphatic carbocycles. The van der Waals surface area contributed by atoms with Crippen molar-refractivity contribution in [2.75, 3.05) is 11.9 Å². The summed E-state index contributed by atoms with van der Waals surface area (Å²) in [6.45, 7) is -0.274. The maximum absolute atomic E-state index is 11.7. The van der Waals surface area contributed by atoms with Gasteiger partial charge in [-0.2, -0.15) is 0 Å². The van der Waals surface area contributed by atoms with E-state index in [0.717, 1.165) is 32.6 Å². The molecule has 11 heteroatoms. The predicted octanol–water partition coefficient (Wildman–Crippen LogP) is 4.02. The largest absolute Gasteiger partial charge is 0.394 e. The number of fused-ring (bicyclic) bond motifs is 1. The molecule has 0 amide bonds. The van der Waals surface area contributed by atoms with Crippen molar-refractivity contribution in [3.8, 4) is 0 Å². The van der Waals surface area contributed by atoms with E-state index < -0.39 is 18.4 Å². The number of anilines is 2. The lowest BCUT2D eigenvalue weighted by Gasteiger charge is -2.15. The summed E-state index contributed by atoms with van der Waals surface area (Å²) in [6.07, 6.45) is 1.38. The van der Waals surface area contributed by atoms with Gasteiger partial charge in [0, 0.05) is 28.9 Å². The maximum atomic E-state index is 11.7. The fourth-order valence-corrected chi connectivity index (χ4v) is 5.39. The summed E-state index contributed by atoms with van der Waals surface area (Å²) < 4.78 is 7.50. The lowest BCUT2D eigenvalue weighted by atomic mass is 9.93. The van der Waals surface area contributed by atoms with Gasteiger partial charge in [-0.3, -0.25) is 14.7 Å². The Kier molecular flexibility index (Phi) is 4.73. The second-order valence-corrected chi connectivity index (χ2v) is 9.16. The lowest BCUT2D eigenvalue weighted by molar-refractivity contribution is -0.383. The van der Waals surface area contributed by atoms with E-state index >= 15 is 0 Å². The van der Waals surface area contributed by atoms with E-state index in [9.17, 15) is 20.3 Å². The summed E-state index contributed by atoms with van der Waals surface area (Å²) in [5.74, 6) is 0.488. The van der Waals surface area contributed by atoms with Gasteiger partial charge >= 0.3 is 0 Å². The molecule has 1 saturated heterocycles. The molecular formula is C26H20N6O5. The van der Waals surface area contributed by atoms with Crippen molar-refractivity contribution in [2.24, 2.45) is 0 Å². The van der Waals surface area contributed by atoms with Gasteiger partial charge in [0.25, 0.3) is 5.69 Å². The minimum atomic E-state index is -0.778. The Hall–Kier alpha value is -4.45. The first kappa shape index (κ1) is 21.8. The molecule has 0 bridgehead atoms. The number of nitrogens with zero attached hydrogens (tertiary/aromatic N) is 5. The molecule has 3 heterocycles. The molecule has 3 N–H and O–H groups in total. The van der Waals surface area contributed by atoms with Gasteiger partial charge in [0.05, 0.1) is 29.3 Å². The molecule has 3 atom stereocenters. The maximum Gasteiger partial charge on any atom is 0.277 e. The van der Waals surface area contributed by atoms with E-state index in [1.54, 1.807) is 29.1 Å². The van der Waals surface area contributed by atoms with Crippen LogP contribution < -0.4 is 5.32 Å². The fraction of sp³-hybridized carbons (Fsp3) is 0.192. The van der Waals surface area contributed by atoms with Crippen LogP contribution in [0.4, 0.5) is 17.2 Å². The molecule has 0 radical (unpaired) electrons. The van der Waals surface area contributed by atoms with E-state index in [1.165, 1.54) is 6.33 Å². The smallest absolute Gasteiger partial charge is 0.277 e. The molecule has 7 rings (SSSR count). The Morgan fingerprint density at radius 2 is 1.76 bits per heavy atom. The molecule has 1 aliphatic heterocycles. The first-order valence-electron chi connectivity index (χ1n) is 11.8. The van der Waals surface area contributed by atoms with Crippen molar-refractivity contribution in [1.82, 2.24) is 19.5 Å². The van der Waals surface area contributed by atoms with Crippen LogP contribution >= 0.6 is 0 Å². The Bertz CT molecular complexity index is 1840. The van der Waals surface area contributed by atoms with Crippen molar-refractivity contribution in [3.05, 3.63) is 71.3 Å². The number of rotatable bonds is 5. The number of benzene rings is 4. The normalized spacial score (nSPS) is 20.0. The summed E-state index contributed by atoms with van der Waals surface area (Å²) in [5, 5.41) is 39.8. The van der Waals surface area contributed by atoms with Crippen LogP contribution in [0.2, 0.25) is 0 Å². The number of non-ortho nitro benzene ring substituents is 1. The van der Waals surface area contributed by atoms with Crippen LogP contribution in [0.5, 0.6) is 0 Å². The number of aliphatic hydroxyl groups excluding tert-OH is 2. The molecule has 37 heavy (non-hydrogen) atoms. The van der Waals surface area contributed by atoms with E-state index in [4.69, 9.17) is 4.74 Å². The fourth-order valence-electron chi connectivity index (χ4n) is 5.39. The van der Waals surface area contributed by atoms with E-state index in [0.29, 0.717) is 28.8 Å². The van der Waals surface area contributed by atoms with E-state index in [2.05, 4.69) is 20.3 Å². The zero-order valence-corrected chi connectivity index (χ0v) is 19.3. The third kappa shape index (κ3) is 3.22. The number of aromatic nitrogens is 4. The highest BCUT2D eigenvalue weighted by atomic mass is 16.6. The van der Waals surface area contributed by atoms with Crippen molar-refractivity contribution < 1.29 is 19.9 Å². The predicted molar refractivity (Wildman–Crippen MR) is 137 cm³/mol. The van der Waals surface area contributed by atoms with Crippen molar-refractivity contribution >= 4 is 60.7 Å². The molecule has 6 aromatic rings. The van der Waals surface area contributed by atoms with E-state index in [1.807, 2.05) is 30.3 Å². The monoisotopic (exact) mass is 496 g/mol. The number of aliphatic hydroxyl groups is 2. The van der Waals surface area contributed by atoms with Crippen molar-refractivity contribution in [2.45, 2.75) is 24.9 Å². The van der Waals surface area contributed by atoms with Crippen molar-refractivity contribution in [1.29, 1.82) is 0 Å². The molecule has 4 aromatic carbocycles. The highest BCUT2D eigenvalue weighted by Gasteiger charge is 2.35. The van der Waals surface area contributed by atoms with Gasteiger partial charge < -0.3 is 20.3 Å². The second kappa shape index (κ2) is 8.03. The molecule has 0 saturated carbocycles. The molecule has 2 aromatic heterocycles. The third-order valence-corrected chi connectivity index (χ3v) is 7.14. The Balaban J connectivity index is 1.35. The minimum Gasteiger partial charge on any atom is -0.394 e. The summed E-state index contributed by atoms with van der Waals surface area (Å²) in [4.78, 5) is 24.6. The minimum absolute atomic E-state index is 0.0750. The number of nitro benzene ring substituents is 1. The van der Waals surface area contributed by atoms with Crippen LogP contribution in [0.25, 0.3) is 43.5 Å². The van der Waals surface area contributed by atoms with Crippen LogP contribution in [0.1, 0.15) is 12.6 Å². The summed E-state index contributed by atoms with van der Waals surface area (Å²) in [7, 11) is 0. The van der Waals surface area contributed by atoms with Crippen LogP contribution in [0, 0.1) is 10.1 Å². The van der Waals surface area contributed by atoms with Gasteiger partial charge in [0.1, 0.15) is 18.7 Å². The van der Waals surface area contributed by atoms with Crippen LogP contribution in [0.15, 0.2) is 61.2 Å². The van der Waals surface area contributed by atoms with Gasteiger partial charge in [0.2, 0.25) is 0 Å². The zero-order valence-electron chi connectivity index (χ0n) is 19.3. The number of nitrogens with one attached hydrogen (secondary N) is 1. The van der Waals surface area contributed by atoms with E-state index in [-0.39, 0.29) is 17.2 Å². The third-order valence-electron chi connectivity index (χ3n) is 7.14. The topological polar surface area (TPSA) is 148 Å². The van der Waals surface area contributed by atoms with Gasteiger partial charge in [-0.1, -0.05) is 24.3 Å². The number of ether oxygens (including phenoxy) is 1. The summed E-state index contributed by atoms with van der Waals surface area (Å²) in [5.41, 5.74) is 1.90. The van der Waals surface area contributed by atoms with Gasteiger partial charge in [0.15, 0.2) is 17.0 Å². The molecule has 0 spiro atoms. The van der Waals surface area contributed by atoms with Crippen LogP contribution in [-0.4, -0.2) is 53.5 Å². The molecule has 1 fully saturated rings. The van der Waals surface area contributed by atoms with Crippen LogP contribution in [0.3, 0.4) is 0 Å². The number of hydrogen-bond donors (Lipinski definition) is 3. The molecule has 184 valence electrons.